The van der Waals surface area contributed by atoms with Crippen molar-refractivity contribution in [3.8, 4) is 5.75 Å². The summed E-state index contributed by atoms with van der Waals surface area (Å²) in [5.74, 6) is 1.28. The maximum atomic E-state index is 11.5. The highest BCUT2D eigenvalue weighted by molar-refractivity contribution is 7.91. The molecule has 0 bridgehead atoms. The first-order valence-electron chi connectivity index (χ1n) is 7.62. The highest BCUT2D eigenvalue weighted by Crippen LogP contribution is 2.23. The summed E-state index contributed by atoms with van der Waals surface area (Å²) >= 11 is 0. The number of para-hydroxylation sites is 1. The molecule has 1 rings (SSSR count). The van der Waals surface area contributed by atoms with E-state index in [9.17, 15) is 8.42 Å². The molecule has 0 amide bonds. The third kappa shape index (κ3) is 6.48. The van der Waals surface area contributed by atoms with Gasteiger partial charge in [-0.15, -0.1) is 0 Å². The normalized spacial score (nSPS) is 11.6. The van der Waals surface area contributed by atoms with Crippen LogP contribution in [0.15, 0.2) is 18.2 Å². The minimum Gasteiger partial charge on any atom is -0.493 e. The van der Waals surface area contributed by atoms with Gasteiger partial charge >= 0.3 is 0 Å². The molecule has 0 fully saturated rings. The molecule has 0 saturated carbocycles. The number of nitrogens with one attached hydrogen (secondary N) is 1. The van der Waals surface area contributed by atoms with E-state index in [4.69, 9.17) is 4.74 Å². The van der Waals surface area contributed by atoms with Gasteiger partial charge in [-0.05, 0) is 31.9 Å². The first-order chi connectivity index (χ1) is 10.00. The maximum absolute atomic E-state index is 11.5. The average molecular weight is 313 g/mol. The minimum absolute atomic E-state index is 0.193. The fourth-order valence-electron chi connectivity index (χ4n) is 2.06. The zero-order chi connectivity index (χ0) is 15.7. The van der Waals surface area contributed by atoms with Crippen molar-refractivity contribution in [2.45, 2.75) is 40.2 Å². The van der Waals surface area contributed by atoms with Gasteiger partial charge in [0.1, 0.15) is 15.6 Å². The predicted octanol–water partition coefficient (Wildman–Crippen LogP) is 2.70. The summed E-state index contributed by atoms with van der Waals surface area (Å²) in [5, 5.41) is 3.37. The largest absolute Gasteiger partial charge is 0.493 e. The van der Waals surface area contributed by atoms with Crippen LogP contribution in [-0.4, -0.2) is 33.1 Å². The maximum Gasteiger partial charge on any atom is 0.150 e. The van der Waals surface area contributed by atoms with E-state index >= 15 is 0 Å². The number of ether oxygens (including phenoxy) is 1. The van der Waals surface area contributed by atoms with Gasteiger partial charge in [-0.25, -0.2) is 8.42 Å². The molecule has 0 atom stereocenters. The van der Waals surface area contributed by atoms with Crippen LogP contribution < -0.4 is 10.1 Å². The molecule has 0 aliphatic rings. The summed E-state index contributed by atoms with van der Waals surface area (Å²) in [6.45, 7) is 8.01. The van der Waals surface area contributed by atoms with Crippen molar-refractivity contribution in [3.05, 3.63) is 29.3 Å². The summed E-state index contributed by atoms with van der Waals surface area (Å²) in [7, 11) is -2.90. The average Bonchev–Trinajstić information content (AvgIpc) is 2.46. The molecule has 4 nitrogen and oxygen atoms in total. The van der Waals surface area contributed by atoms with E-state index in [1.54, 1.807) is 6.92 Å². The SMILES string of the molecule is CCCNCc1cccc(C)c1OCCCS(=O)(=O)CC. The van der Waals surface area contributed by atoms with Crippen LogP contribution in [0.25, 0.3) is 0 Å². The Hall–Kier alpha value is -1.07. The monoisotopic (exact) mass is 313 g/mol. The van der Waals surface area contributed by atoms with Gasteiger partial charge in [0.2, 0.25) is 0 Å². The van der Waals surface area contributed by atoms with Crippen molar-refractivity contribution in [1.82, 2.24) is 5.32 Å². The molecule has 0 radical (unpaired) electrons. The van der Waals surface area contributed by atoms with E-state index in [2.05, 4.69) is 12.2 Å². The Bertz CT molecular complexity index is 526. The molecule has 0 heterocycles. The van der Waals surface area contributed by atoms with Gasteiger partial charge in [-0.3, -0.25) is 0 Å². The quantitative estimate of drug-likeness (QED) is 0.675. The second kappa shape index (κ2) is 9.05. The third-order valence-corrected chi connectivity index (χ3v) is 5.11. The second-order valence-electron chi connectivity index (χ2n) is 5.18. The lowest BCUT2D eigenvalue weighted by Gasteiger charge is -2.14. The molecule has 0 aromatic heterocycles. The van der Waals surface area contributed by atoms with Crippen LogP contribution in [-0.2, 0) is 16.4 Å². The van der Waals surface area contributed by atoms with Crippen molar-refractivity contribution in [2.24, 2.45) is 0 Å². The molecule has 5 heteroatoms. The van der Waals surface area contributed by atoms with Crippen LogP contribution >= 0.6 is 0 Å². The number of aryl methyl sites for hydroxylation is 1. The van der Waals surface area contributed by atoms with Gasteiger partial charge < -0.3 is 10.1 Å². The molecule has 21 heavy (non-hydrogen) atoms. The topological polar surface area (TPSA) is 55.4 Å². The van der Waals surface area contributed by atoms with Crippen LogP contribution in [0.4, 0.5) is 0 Å². The number of hydrogen-bond donors (Lipinski definition) is 1. The van der Waals surface area contributed by atoms with Crippen LogP contribution in [0.1, 0.15) is 37.8 Å². The molecule has 0 unspecified atom stereocenters. The zero-order valence-corrected chi connectivity index (χ0v) is 14.1. The van der Waals surface area contributed by atoms with E-state index in [1.807, 2.05) is 25.1 Å². The Labute approximate surface area is 128 Å². The standard InChI is InChI=1S/C16H27NO3S/c1-4-10-17-13-15-9-6-8-14(3)16(15)20-11-7-12-21(18,19)5-2/h6,8-9,17H,4-5,7,10-13H2,1-3H3. The molecule has 120 valence electrons. The number of rotatable bonds is 10. The summed E-state index contributed by atoms with van der Waals surface area (Å²) in [5.41, 5.74) is 2.21. The van der Waals surface area contributed by atoms with Gasteiger partial charge in [0.15, 0.2) is 0 Å². The van der Waals surface area contributed by atoms with Gasteiger partial charge in [-0.1, -0.05) is 32.0 Å². The first-order valence-corrected chi connectivity index (χ1v) is 9.44. The van der Waals surface area contributed by atoms with Gasteiger partial charge in [0.25, 0.3) is 0 Å². The van der Waals surface area contributed by atoms with Crippen LogP contribution in [0.2, 0.25) is 0 Å². The molecular weight excluding hydrogens is 286 g/mol. The molecule has 0 spiro atoms. The van der Waals surface area contributed by atoms with E-state index in [1.165, 1.54) is 0 Å². The predicted molar refractivity (Wildman–Crippen MR) is 87.6 cm³/mol. The molecule has 1 aromatic carbocycles. The van der Waals surface area contributed by atoms with E-state index < -0.39 is 9.84 Å². The van der Waals surface area contributed by atoms with Crippen molar-refractivity contribution in [2.75, 3.05) is 24.7 Å². The van der Waals surface area contributed by atoms with Crippen LogP contribution in [0.5, 0.6) is 5.75 Å². The first kappa shape index (κ1) is 18.0. The van der Waals surface area contributed by atoms with Crippen molar-refractivity contribution in [3.63, 3.8) is 0 Å². The molecule has 0 saturated heterocycles. The summed E-state index contributed by atoms with van der Waals surface area (Å²) < 4.78 is 28.7. The summed E-state index contributed by atoms with van der Waals surface area (Å²) in [6.07, 6.45) is 1.63. The summed E-state index contributed by atoms with van der Waals surface area (Å²) in [6, 6.07) is 6.09. The smallest absolute Gasteiger partial charge is 0.150 e. The highest BCUT2D eigenvalue weighted by atomic mass is 32.2. The lowest BCUT2D eigenvalue weighted by molar-refractivity contribution is 0.311. The Morgan fingerprint density at radius 2 is 2.00 bits per heavy atom. The van der Waals surface area contributed by atoms with Crippen molar-refractivity contribution >= 4 is 9.84 Å². The minimum atomic E-state index is -2.90. The lowest BCUT2D eigenvalue weighted by atomic mass is 10.1. The van der Waals surface area contributed by atoms with E-state index in [-0.39, 0.29) is 11.5 Å². The third-order valence-electron chi connectivity index (χ3n) is 3.32. The highest BCUT2D eigenvalue weighted by Gasteiger charge is 2.09. The number of sulfone groups is 1. The van der Waals surface area contributed by atoms with E-state index in [0.717, 1.165) is 36.4 Å². The number of hydrogen-bond acceptors (Lipinski definition) is 4. The molecule has 1 N–H and O–H groups in total. The van der Waals surface area contributed by atoms with Gasteiger partial charge in [0.05, 0.1) is 12.4 Å². The summed E-state index contributed by atoms with van der Waals surface area (Å²) in [4.78, 5) is 0. The second-order valence-corrected chi connectivity index (χ2v) is 7.65. The van der Waals surface area contributed by atoms with Crippen LogP contribution in [0, 0.1) is 6.92 Å². The Balaban J connectivity index is 2.57. The number of benzene rings is 1. The lowest BCUT2D eigenvalue weighted by Crippen LogP contribution is -2.16. The zero-order valence-electron chi connectivity index (χ0n) is 13.3. The van der Waals surface area contributed by atoms with Crippen molar-refractivity contribution < 1.29 is 13.2 Å². The Kier molecular flexibility index (Phi) is 7.75. The fraction of sp³-hybridized carbons (Fsp3) is 0.625. The molecule has 1 aromatic rings. The molecule has 0 aliphatic heterocycles. The van der Waals surface area contributed by atoms with E-state index in [0.29, 0.717) is 13.0 Å². The Morgan fingerprint density at radius 3 is 2.67 bits per heavy atom. The van der Waals surface area contributed by atoms with Gasteiger partial charge in [-0.2, -0.15) is 0 Å². The molecular formula is C16H27NO3S. The van der Waals surface area contributed by atoms with Crippen LogP contribution in [0.3, 0.4) is 0 Å². The fourth-order valence-corrected chi connectivity index (χ4v) is 2.90. The molecule has 0 aliphatic carbocycles. The Morgan fingerprint density at radius 1 is 1.24 bits per heavy atom. The van der Waals surface area contributed by atoms with Crippen molar-refractivity contribution in [1.29, 1.82) is 0 Å². The van der Waals surface area contributed by atoms with Gasteiger partial charge in [0, 0.05) is 17.9 Å².